The molecular formula is C12H17NO2. The molecule has 0 bridgehead atoms. The van der Waals surface area contributed by atoms with Crippen molar-refractivity contribution in [1.82, 2.24) is 5.32 Å². The first-order valence-corrected chi connectivity index (χ1v) is 5.39. The Labute approximate surface area is 89.8 Å². The quantitative estimate of drug-likeness (QED) is 0.682. The van der Waals surface area contributed by atoms with E-state index in [0.717, 1.165) is 6.54 Å². The topological polar surface area (TPSA) is 52.5 Å². The highest BCUT2D eigenvalue weighted by Gasteiger charge is 2.30. The molecule has 15 heavy (non-hydrogen) atoms. The van der Waals surface area contributed by atoms with Gasteiger partial charge in [0, 0.05) is 12.6 Å². The van der Waals surface area contributed by atoms with Crippen LogP contribution >= 0.6 is 0 Å². The first-order chi connectivity index (χ1) is 7.25. The van der Waals surface area contributed by atoms with Gasteiger partial charge >= 0.3 is 0 Å². The SMILES string of the molecule is OC1CC(NCc2ccccc2)CC1O. The van der Waals surface area contributed by atoms with E-state index in [9.17, 15) is 10.2 Å². The number of hydrogen-bond acceptors (Lipinski definition) is 3. The van der Waals surface area contributed by atoms with Gasteiger partial charge in [0.25, 0.3) is 0 Å². The van der Waals surface area contributed by atoms with Crippen molar-refractivity contribution in [2.24, 2.45) is 0 Å². The fourth-order valence-electron chi connectivity index (χ4n) is 2.02. The summed E-state index contributed by atoms with van der Waals surface area (Å²) < 4.78 is 0. The van der Waals surface area contributed by atoms with Gasteiger partial charge < -0.3 is 15.5 Å². The lowest BCUT2D eigenvalue weighted by Gasteiger charge is -2.11. The fraction of sp³-hybridized carbons (Fsp3) is 0.500. The monoisotopic (exact) mass is 207 g/mol. The molecule has 0 spiro atoms. The molecule has 1 saturated carbocycles. The minimum atomic E-state index is -0.557. The van der Waals surface area contributed by atoms with E-state index < -0.39 is 12.2 Å². The third-order valence-corrected chi connectivity index (χ3v) is 2.93. The van der Waals surface area contributed by atoms with Gasteiger partial charge in [-0.25, -0.2) is 0 Å². The van der Waals surface area contributed by atoms with E-state index in [1.165, 1.54) is 5.56 Å². The highest BCUT2D eigenvalue weighted by molar-refractivity contribution is 5.14. The summed E-state index contributed by atoms with van der Waals surface area (Å²) in [6.07, 6.45) is 0.179. The Hall–Kier alpha value is -0.900. The maximum absolute atomic E-state index is 9.38. The minimum Gasteiger partial charge on any atom is -0.390 e. The Morgan fingerprint density at radius 1 is 1.07 bits per heavy atom. The van der Waals surface area contributed by atoms with Crippen molar-refractivity contribution in [2.45, 2.75) is 37.6 Å². The molecule has 0 saturated heterocycles. The van der Waals surface area contributed by atoms with E-state index in [0.29, 0.717) is 12.8 Å². The van der Waals surface area contributed by atoms with Crippen LogP contribution in [0.4, 0.5) is 0 Å². The molecule has 3 nitrogen and oxygen atoms in total. The van der Waals surface area contributed by atoms with Crippen molar-refractivity contribution in [2.75, 3.05) is 0 Å². The van der Waals surface area contributed by atoms with E-state index in [-0.39, 0.29) is 6.04 Å². The van der Waals surface area contributed by atoms with Gasteiger partial charge in [0.2, 0.25) is 0 Å². The van der Waals surface area contributed by atoms with Crippen LogP contribution in [0.2, 0.25) is 0 Å². The number of aliphatic hydroxyl groups excluding tert-OH is 2. The van der Waals surface area contributed by atoms with Crippen molar-refractivity contribution < 1.29 is 10.2 Å². The summed E-state index contributed by atoms with van der Waals surface area (Å²) in [4.78, 5) is 0. The van der Waals surface area contributed by atoms with Gasteiger partial charge in [-0.2, -0.15) is 0 Å². The third kappa shape index (κ3) is 2.78. The number of hydrogen-bond donors (Lipinski definition) is 3. The lowest BCUT2D eigenvalue weighted by atomic mass is 10.2. The van der Waals surface area contributed by atoms with Crippen LogP contribution in [0, 0.1) is 0 Å². The fourth-order valence-corrected chi connectivity index (χ4v) is 2.02. The predicted octanol–water partition coefficient (Wildman–Crippen LogP) is 0.660. The van der Waals surface area contributed by atoms with Gasteiger partial charge in [-0.05, 0) is 18.4 Å². The van der Waals surface area contributed by atoms with Gasteiger partial charge in [0.1, 0.15) is 0 Å². The average Bonchev–Trinajstić information content (AvgIpc) is 2.57. The molecule has 0 amide bonds. The molecule has 1 aromatic carbocycles. The highest BCUT2D eigenvalue weighted by atomic mass is 16.3. The molecule has 0 radical (unpaired) electrons. The molecule has 1 aliphatic rings. The number of benzene rings is 1. The maximum atomic E-state index is 9.38. The Balaban J connectivity index is 1.80. The zero-order valence-corrected chi connectivity index (χ0v) is 8.63. The van der Waals surface area contributed by atoms with Gasteiger partial charge in [-0.1, -0.05) is 30.3 Å². The van der Waals surface area contributed by atoms with Crippen LogP contribution in [0.3, 0.4) is 0 Å². The Morgan fingerprint density at radius 3 is 2.27 bits per heavy atom. The van der Waals surface area contributed by atoms with Crippen LogP contribution in [0.1, 0.15) is 18.4 Å². The van der Waals surface area contributed by atoms with Crippen LogP contribution in [0.5, 0.6) is 0 Å². The van der Waals surface area contributed by atoms with Crippen molar-refractivity contribution in [1.29, 1.82) is 0 Å². The lowest BCUT2D eigenvalue weighted by molar-refractivity contribution is 0.0438. The van der Waals surface area contributed by atoms with E-state index in [1.54, 1.807) is 0 Å². The Bertz CT molecular complexity index is 292. The van der Waals surface area contributed by atoms with Crippen molar-refractivity contribution in [3.05, 3.63) is 35.9 Å². The summed E-state index contributed by atoms with van der Waals surface area (Å²) in [6, 6.07) is 10.4. The summed E-state index contributed by atoms with van der Waals surface area (Å²) in [5.74, 6) is 0. The Morgan fingerprint density at radius 2 is 1.67 bits per heavy atom. The second-order valence-electron chi connectivity index (χ2n) is 4.17. The second-order valence-corrected chi connectivity index (χ2v) is 4.17. The molecule has 82 valence electrons. The molecule has 3 heteroatoms. The normalized spacial score (nSPS) is 30.7. The molecule has 0 aromatic heterocycles. The molecule has 1 aliphatic carbocycles. The van der Waals surface area contributed by atoms with E-state index in [1.807, 2.05) is 18.2 Å². The van der Waals surface area contributed by atoms with Gasteiger partial charge in [0.15, 0.2) is 0 Å². The van der Waals surface area contributed by atoms with Crippen LogP contribution in [-0.4, -0.2) is 28.5 Å². The summed E-state index contributed by atoms with van der Waals surface area (Å²) >= 11 is 0. The summed E-state index contributed by atoms with van der Waals surface area (Å²) in [6.45, 7) is 0.797. The average molecular weight is 207 g/mol. The molecule has 1 aromatic rings. The maximum Gasteiger partial charge on any atom is 0.0814 e. The minimum absolute atomic E-state index is 0.232. The van der Waals surface area contributed by atoms with Crippen LogP contribution in [-0.2, 0) is 6.54 Å². The van der Waals surface area contributed by atoms with Gasteiger partial charge in [-0.3, -0.25) is 0 Å². The van der Waals surface area contributed by atoms with Crippen LogP contribution in [0.15, 0.2) is 30.3 Å². The molecule has 2 atom stereocenters. The van der Waals surface area contributed by atoms with E-state index in [4.69, 9.17) is 0 Å². The lowest BCUT2D eigenvalue weighted by Crippen LogP contribution is -2.26. The first kappa shape index (κ1) is 10.6. The zero-order chi connectivity index (χ0) is 10.7. The molecule has 3 N–H and O–H groups in total. The molecule has 1 fully saturated rings. The smallest absolute Gasteiger partial charge is 0.0814 e. The number of aliphatic hydroxyl groups is 2. The molecule has 2 rings (SSSR count). The summed E-state index contributed by atoms with van der Waals surface area (Å²) in [5, 5.41) is 22.1. The summed E-state index contributed by atoms with van der Waals surface area (Å²) in [7, 11) is 0. The largest absolute Gasteiger partial charge is 0.390 e. The van der Waals surface area contributed by atoms with Crippen molar-refractivity contribution >= 4 is 0 Å². The number of rotatable bonds is 3. The molecular weight excluding hydrogens is 190 g/mol. The van der Waals surface area contributed by atoms with E-state index in [2.05, 4.69) is 17.4 Å². The molecule has 0 aliphatic heterocycles. The summed E-state index contributed by atoms with van der Waals surface area (Å²) in [5.41, 5.74) is 1.23. The predicted molar refractivity (Wildman–Crippen MR) is 58.3 cm³/mol. The number of nitrogens with one attached hydrogen (secondary N) is 1. The zero-order valence-electron chi connectivity index (χ0n) is 8.63. The van der Waals surface area contributed by atoms with Crippen LogP contribution < -0.4 is 5.32 Å². The third-order valence-electron chi connectivity index (χ3n) is 2.93. The second kappa shape index (κ2) is 4.75. The Kier molecular flexibility index (Phi) is 3.36. The van der Waals surface area contributed by atoms with Gasteiger partial charge in [0.05, 0.1) is 12.2 Å². The van der Waals surface area contributed by atoms with Crippen molar-refractivity contribution in [3.63, 3.8) is 0 Å². The van der Waals surface area contributed by atoms with Crippen LogP contribution in [0.25, 0.3) is 0 Å². The van der Waals surface area contributed by atoms with Gasteiger partial charge in [-0.15, -0.1) is 0 Å². The first-order valence-electron chi connectivity index (χ1n) is 5.39. The van der Waals surface area contributed by atoms with Crippen molar-refractivity contribution in [3.8, 4) is 0 Å². The standard InChI is InChI=1S/C12H17NO2/c14-11-6-10(7-12(11)15)13-8-9-4-2-1-3-5-9/h1-5,10-15H,6-8H2. The van der Waals surface area contributed by atoms with E-state index >= 15 is 0 Å². The molecule has 0 heterocycles. The molecule has 2 unspecified atom stereocenters. The highest BCUT2D eigenvalue weighted by Crippen LogP contribution is 2.19.